The third-order valence-electron chi connectivity index (χ3n) is 3.04. The van der Waals surface area contributed by atoms with Crippen LogP contribution in [0.2, 0.25) is 0 Å². The Morgan fingerprint density at radius 1 is 1.33 bits per heavy atom. The molecule has 1 heterocycles. The largest absolute Gasteiger partial charge is 0.468 e. The van der Waals surface area contributed by atoms with Crippen LogP contribution < -0.4 is 5.32 Å². The molecule has 0 unspecified atom stereocenters. The highest BCUT2D eigenvalue weighted by molar-refractivity contribution is 8.01. The molecule has 1 atom stereocenters. The zero-order chi connectivity index (χ0) is 17.5. The summed E-state index contributed by atoms with van der Waals surface area (Å²) in [6.45, 7) is 1.86. The number of carbonyl (C=O) groups is 2. The molecule has 1 aromatic heterocycles. The molecule has 1 aromatic carbocycles. The fourth-order valence-corrected chi connectivity index (χ4v) is 3.43. The highest BCUT2D eigenvalue weighted by atomic mass is 32.2. The van der Waals surface area contributed by atoms with Crippen molar-refractivity contribution in [1.82, 2.24) is 10.2 Å². The van der Waals surface area contributed by atoms with E-state index in [0.29, 0.717) is 16.6 Å². The van der Waals surface area contributed by atoms with Crippen molar-refractivity contribution in [3.05, 3.63) is 30.1 Å². The topological polar surface area (TPSA) is 81.2 Å². The number of halogens is 1. The number of methoxy groups -OCH3 is 1. The summed E-state index contributed by atoms with van der Waals surface area (Å²) in [5.74, 6) is -0.835. The van der Waals surface area contributed by atoms with Gasteiger partial charge in [0, 0.05) is 5.56 Å². The molecule has 128 valence electrons. The van der Waals surface area contributed by atoms with Crippen LogP contribution in [0.25, 0.3) is 10.6 Å². The fraction of sp³-hybridized carbons (Fsp3) is 0.333. The van der Waals surface area contributed by atoms with Crippen LogP contribution in [0.1, 0.15) is 13.3 Å². The van der Waals surface area contributed by atoms with Crippen molar-refractivity contribution in [3.63, 3.8) is 0 Å². The normalized spacial score (nSPS) is 11.8. The third kappa shape index (κ3) is 5.00. The molecule has 2 rings (SSSR count). The Morgan fingerprint density at radius 2 is 2.04 bits per heavy atom. The Labute approximate surface area is 146 Å². The SMILES string of the molecule is CC[C@H](SCC(=O)OC)C(=O)Nc1nnc(-c2ccc(F)cc2)s1. The van der Waals surface area contributed by atoms with E-state index in [0.717, 1.165) is 5.56 Å². The number of thioether (sulfide) groups is 1. The number of rotatable bonds is 7. The van der Waals surface area contributed by atoms with Gasteiger partial charge >= 0.3 is 5.97 Å². The van der Waals surface area contributed by atoms with Crippen LogP contribution in [0.15, 0.2) is 24.3 Å². The van der Waals surface area contributed by atoms with Crippen molar-refractivity contribution in [3.8, 4) is 10.6 Å². The number of esters is 1. The van der Waals surface area contributed by atoms with Gasteiger partial charge in [0.25, 0.3) is 0 Å². The molecule has 1 amide bonds. The smallest absolute Gasteiger partial charge is 0.315 e. The van der Waals surface area contributed by atoms with E-state index < -0.39 is 0 Å². The molecule has 1 N–H and O–H groups in total. The van der Waals surface area contributed by atoms with Gasteiger partial charge in [-0.05, 0) is 30.7 Å². The average molecular weight is 369 g/mol. The number of hydrogen-bond donors (Lipinski definition) is 1. The Bertz CT molecular complexity index is 706. The first kappa shape index (κ1) is 18.3. The van der Waals surface area contributed by atoms with E-state index in [9.17, 15) is 14.0 Å². The van der Waals surface area contributed by atoms with Crippen molar-refractivity contribution in [2.45, 2.75) is 18.6 Å². The van der Waals surface area contributed by atoms with Gasteiger partial charge in [0.05, 0.1) is 18.1 Å². The molecule has 24 heavy (non-hydrogen) atoms. The standard InChI is InChI=1S/C15H16FN3O3S2/c1-3-11(23-8-12(20)22-2)13(21)17-15-19-18-14(24-15)9-4-6-10(16)7-5-9/h4-7,11H,3,8H2,1-2H3,(H,17,19,21)/t11-/m0/s1. The second-order valence-electron chi connectivity index (χ2n) is 4.69. The van der Waals surface area contributed by atoms with E-state index in [2.05, 4.69) is 20.3 Å². The van der Waals surface area contributed by atoms with E-state index in [1.54, 1.807) is 12.1 Å². The Balaban J connectivity index is 1.98. The molecule has 9 heteroatoms. The second-order valence-corrected chi connectivity index (χ2v) is 6.86. The number of aromatic nitrogens is 2. The van der Waals surface area contributed by atoms with Crippen molar-refractivity contribution in [1.29, 1.82) is 0 Å². The zero-order valence-electron chi connectivity index (χ0n) is 13.1. The molecule has 0 radical (unpaired) electrons. The summed E-state index contributed by atoms with van der Waals surface area (Å²) in [6.07, 6.45) is 0.567. The summed E-state index contributed by atoms with van der Waals surface area (Å²) in [4.78, 5) is 23.4. The maximum Gasteiger partial charge on any atom is 0.315 e. The quantitative estimate of drug-likeness (QED) is 0.756. The lowest BCUT2D eigenvalue weighted by atomic mass is 10.2. The lowest BCUT2D eigenvalue weighted by Crippen LogP contribution is -2.25. The van der Waals surface area contributed by atoms with E-state index >= 15 is 0 Å². The predicted octanol–water partition coefficient (Wildman–Crippen LogP) is 2.97. The number of nitrogens with one attached hydrogen (secondary N) is 1. The first-order valence-corrected chi connectivity index (χ1v) is 8.98. The van der Waals surface area contributed by atoms with Crippen LogP contribution in [-0.4, -0.2) is 40.2 Å². The maximum absolute atomic E-state index is 12.9. The van der Waals surface area contributed by atoms with Gasteiger partial charge in [0.1, 0.15) is 10.8 Å². The van der Waals surface area contributed by atoms with Crippen molar-refractivity contribution < 1.29 is 18.7 Å². The molecule has 0 aliphatic carbocycles. The number of carbonyl (C=O) groups excluding carboxylic acids is 2. The zero-order valence-corrected chi connectivity index (χ0v) is 14.7. The third-order valence-corrected chi connectivity index (χ3v) is 5.28. The fourth-order valence-electron chi connectivity index (χ4n) is 1.78. The number of benzene rings is 1. The van der Waals surface area contributed by atoms with Gasteiger partial charge in [-0.1, -0.05) is 18.3 Å². The van der Waals surface area contributed by atoms with Crippen LogP contribution in [0, 0.1) is 5.82 Å². The Morgan fingerprint density at radius 3 is 2.67 bits per heavy atom. The van der Waals surface area contributed by atoms with Gasteiger partial charge in [-0.2, -0.15) is 0 Å². The molecule has 0 spiro atoms. The summed E-state index contributed by atoms with van der Waals surface area (Å²) < 4.78 is 17.5. The number of ether oxygens (including phenoxy) is 1. The van der Waals surface area contributed by atoms with Crippen LogP contribution in [0.3, 0.4) is 0 Å². The van der Waals surface area contributed by atoms with Crippen LogP contribution in [0.5, 0.6) is 0 Å². The molecule has 0 aliphatic heterocycles. The van der Waals surface area contributed by atoms with E-state index in [4.69, 9.17) is 0 Å². The van der Waals surface area contributed by atoms with E-state index in [1.165, 1.54) is 42.3 Å². The van der Waals surface area contributed by atoms with Crippen LogP contribution >= 0.6 is 23.1 Å². The summed E-state index contributed by atoms with van der Waals surface area (Å²) in [5.41, 5.74) is 0.724. The summed E-state index contributed by atoms with van der Waals surface area (Å²) >= 11 is 2.41. The molecule has 2 aromatic rings. The minimum atomic E-state index is -0.387. The highest BCUT2D eigenvalue weighted by Gasteiger charge is 2.20. The minimum Gasteiger partial charge on any atom is -0.468 e. The van der Waals surface area contributed by atoms with Crippen molar-refractivity contribution >= 4 is 40.1 Å². The van der Waals surface area contributed by atoms with E-state index in [-0.39, 0.29) is 28.7 Å². The highest BCUT2D eigenvalue weighted by Crippen LogP contribution is 2.27. The molecular formula is C15H16FN3O3S2. The van der Waals surface area contributed by atoms with E-state index in [1.807, 2.05) is 6.92 Å². The molecule has 0 fully saturated rings. The number of anilines is 1. The number of hydrogen-bond acceptors (Lipinski definition) is 7. The van der Waals surface area contributed by atoms with Gasteiger partial charge in [-0.3, -0.25) is 14.9 Å². The number of amides is 1. The van der Waals surface area contributed by atoms with Gasteiger partial charge < -0.3 is 4.74 Å². The minimum absolute atomic E-state index is 0.110. The van der Waals surface area contributed by atoms with Gasteiger partial charge in [0.15, 0.2) is 0 Å². The molecule has 0 saturated heterocycles. The monoisotopic (exact) mass is 369 g/mol. The molecule has 6 nitrogen and oxygen atoms in total. The van der Waals surface area contributed by atoms with Gasteiger partial charge in [-0.15, -0.1) is 22.0 Å². The predicted molar refractivity (Wildman–Crippen MR) is 92.5 cm³/mol. The molecule has 0 bridgehead atoms. The lowest BCUT2D eigenvalue weighted by molar-refractivity contribution is -0.137. The average Bonchev–Trinajstić information content (AvgIpc) is 3.04. The van der Waals surface area contributed by atoms with Gasteiger partial charge in [-0.25, -0.2) is 4.39 Å². The summed E-state index contributed by atoms with van der Waals surface area (Å²) in [5, 5.41) is 11.2. The lowest BCUT2D eigenvalue weighted by Gasteiger charge is -2.12. The van der Waals surface area contributed by atoms with Crippen molar-refractivity contribution in [2.24, 2.45) is 0 Å². The number of nitrogens with zero attached hydrogens (tertiary/aromatic N) is 2. The Hall–Kier alpha value is -2.00. The molecular weight excluding hydrogens is 353 g/mol. The maximum atomic E-state index is 12.9. The molecule has 0 aliphatic rings. The van der Waals surface area contributed by atoms with Crippen LogP contribution in [0.4, 0.5) is 9.52 Å². The van der Waals surface area contributed by atoms with Crippen LogP contribution in [-0.2, 0) is 14.3 Å². The van der Waals surface area contributed by atoms with Crippen molar-refractivity contribution in [2.75, 3.05) is 18.2 Å². The summed E-state index contributed by atoms with van der Waals surface area (Å²) in [7, 11) is 1.31. The van der Waals surface area contributed by atoms with Gasteiger partial charge in [0.2, 0.25) is 11.0 Å². The Kier molecular flexibility index (Phi) is 6.68. The summed E-state index contributed by atoms with van der Waals surface area (Å²) in [6, 6.07) is 5.88. The first-order valence-electron chi connectivity index (χ1n) is 7.12. The second kappa shape index (κ2) is 8.74. The first-order chi connectivity index (χ1) is 11.5. The molecule has 0 saturated carbocycles.